The third-order valence-electron chi connectivity index (χ3n) is 4.50. The van der Waals surface area contributed by atoms with Crippen molar-refractivity contribution in [2.45, 2.75) is 44.9 Å². The lowest BCUT2D eigenvalue weighted by Gasteiger charge is -2.21. The van der Waals surface area contributed by atoms with Crippen molar-refractivity contribution >= 4 is 35.6 Å². The van der Waals surface area contributed by atoms with Gasteiger partial charge in [-0.2, -0.15) is 0 Å². The van der Waals surface area contributed by atoms with Gasteiger partial charge in [-0.15, -0.1) is 10.1 Å². The van der Waals surface area contributed by atoms with Crippen molar-refractivity contribution in [2.24, 2.45) is 11.8 Å². The topological polar surface area (TPSA) is 127 Å². The molecule has 3 rings (SSSR count). The Morgan fingerprint density at radius 1 is 0.680 bits per heavy atom. The summed E-state index contributed by atoms with van der Waals surface area (Å²) in [5, 5.41) is 0.854. The smallest absolute Gasteiger partial charge is 0.330 e. The van der Waals surface area contributed by atoms with E-state index in [1.165, 1.54) is 0 Å². The van der Waals surface area contributed by atoms with Gasteiger partial charge in [0.2, 0.25) is 0 Å². The van der Waals surface area contributed by atoms with E-state index >= 15 is 0 Å². The van der Waals surface area contributed by atoms with Gasteiger partial charge in [-0.25, -0.2) is 9.59 Å². The predicted octanol–water partition coefficient (Wildman–Crippen LogP) is -0.383. The fourth-order valence-corrected chi connectivity index (χ4v) is 3.16. The molecule has 1 saturated carbocycles. The van der Waals surface area contributed by atoms with E-state index in [1.807, 2.05) is 0 Å². The quantitative estimate of drug-likeness (QED) is 0.626. The molecule has 10 heteroatoms. The summed E-state index contributed by atoms with van der Waals surface area (Å²) >= 11 is 0. The monoisotopic (exact) mass is 352 g/mol. The standard InChI is InChI=1S/C15H16N2O8/c18-10-4-5-11(19)16(10)24-14(22)8-2-1-3-9(8)15(23)25-17-12(20)6-7-13(17)21/h8-9H,1-7H2/t8-,9?/m1/s1. The first-order valence-corrected chi connectivity index (χ1v) is 8.03. The fourth-order valence-electron chi connectivity index (χ4n) is 3.16. The number of amides is 4. The molecule has 2 saturated heterocycles. The van der Waals surface area contributed by atoms with E-state index in [-0.39, 0.29) is 25.7 Å². The van der Waals surface area contributed by atoms with Crippen molar-refractivity contribution in [2.75, 3.05) is 0 Å². The van der Waals surface area contributed by atoms with Gasteiger partial charge in [-0.3, -0.25) is 19.2 Å². The van der Waals surface area contributed by atoms with E-state index in [0.717, 1.165) is 0 Å². The Bertz CT molecular complexity index is 584. The number of imide groups is 2. The minimum absolute atomic E-state index is 0.0264. The van der Waals surface area contributed by atoms with Crippen LogP contribution in [0.15, 0.2) is 0 Å². The van der Waals surface area contributed by atoms with E-state index < -0.39 is 47.4 Å². The average Bonchev–Trinajstić information content (AvgIpc) is 3.26. The highest BCUT2D eigenvalue weighted by atomic mass is 16.7. The van der Waals surface area contributed by atoms with Gasteiger partial charge in [-0.1, -0.05) is 6.42 Å². The van der Waals surface area contributed by atoms with Crippen molar-refractivity contribution in [3.8, 4) is 0 Å². The molecule has 2 aliphatic heterocycles. The summed E-state index contributed by atoms with van der Waals surface area (Å²) < 4.78 is 0. The Hall–Kier alpha value is -2.78. The number of rotatable bonds is 4. The van der Waals surface area contributed by atoms with Gasteiger partial charge in [0.1, 0.15) is 0 Å². The fraction of sp³-hybridized carbons (Fsp3) is 0.600. The number of nitrogens with zero attached hydrogens (tertiary/aromatic N) is 2. The lowest BCUT2D eigenvalue weighted by Crippen LogP contribution is -2.39. The number of carbonyl (C=O) groups excluding carboxylic acids is 6. The second-order valence-corrected chi connectivity index (χ2v) is 6.13. The molecular weight excluding hydrogens is 336 g/mol. The first-order chi connectivity index (χ1) is 11.9. The summed E-state index contributed by atoms with van der Waals surface area (Å²) in [7, 11) is 0. The third kappa shape index (κ3) is 3.24. The van der Waals surface area contributed by atoms with Gasteiger partial charge < -0.3 is 9.68 Å². The summed E-state index contributed by atoms with van der Waals surface area (Å²) in [6.45, 7) is 0. The zero-order valence-corrected chi connectivity index (χ0v) is 13.3. The van der Waals surface area contributed by atoms with Gasteiger partial charge in [0, 0.05) is 25.7 Å². The Morgan fingerprint density at radius 2 is 1.00 bits per heavy atom. The van der Waals surface area contributed by atoms with Crippen LogP contribution in [-0.2, 0) is 38.4 Å². The first-order valence-electron chi connectivity index (χ1n) is 8.03. The van der Waals surface area contributed by atoms with E-state index in [0.29, 0.717) is 29.4 Å². The predicted molar refractivity (Wildman–Crippen MR) is 75.2 cm³/mol. The first kappa shape index (κ1) is 17.1. The Labute approximate surface area is 141 Å². The van der Waals surface area contributed by atoms with Crippen molar-refractivity contribution in [1.82, 2.24) is 10.1 Å². The third-order valence-corrected chi connectivity index (χ3v) is 4.50. The molecule has 3 fully saturated rings. The molecule has 25 heavy (non-hydrogen) atoms. The zero-order chi connectivity index (χ0) is 18.1. The summed E-state index contributed by atoms with van der Waals surface area (Å²) in [6.07, 6.45) is 1.06. The molecule has 1 aliphatic carbocycles. The minimum atomic E-state index is -0.901. The lowest BCUT2D eigenvalue weighted by atomic mass is 9.96. The highest BCUT2D eigenvalue weighted by Crippen LogP contribution is 2.34. The number of hydrogen-bond acceptors (Lipinski definition) is 8. The molecule has 4 amide bonds. The van der Waals surface area contributed by atoms with Crippen LogP contribution >= 0.6 is 0 Å². The molecule has 134 valence electrons. The lowest BCUT2D eigenvalue weighted by molar-refractivity contribution is -0.207. The summed E-state index contributed by atoms with van der Waals surface area (Å²) in [6, 6.07) is 0. The maximum absolute atomic E-state index is 12.2. The minimum Gasteiger partial charge on any atom is -0.330 e. The maximum Gasteiger partial charge on any atom is 0.337 e. The van der Waals surface area contributed by atoms with Crippen LogP contribution in [0.2, 0.25) is 0 Å². The molecule has 0 bridgehead atoms. The van der Waals surface area contributed by atoms with Gasteiger partial charge in [0.05, 0.1) is 11.8 Å². The van der Waals surface area contributed by atoms with Gasteiger partial charge in [0.25, 0.3) is 23.6 Å². The van der Waals surface area contributed by atoms with Crippen molar-refractivity contribution in [3.05, 3.63) is 0 Å². The highest BCUT2D eigenvalue weighted by molar-refractivity contribution is 6.02. The van der Waals surface area contributed by atoms with E-state index in [2.05, 4.69) is 0 Å². The Morgan fingerprint density at radius 3 is 1.32 bits per heavy atom. The number of carbonyl (C=O) groups is 6. The molecule has 0 spiro atoms. The summed E-state index contributed by atoms with van der Waals surface area (Å²) in [4.78, 5) is 80.2. The van der Waals surface area contributed by atoms with Crippen LogP contribution in [-0.4, -0.2) is 45.7 Å². The summed E-state index contributed by atoms with van der Waals surface area (Å²) in [5.41, 5.74) is 0. The largest absolute Gasteiger partial charge is 0.337 e. The molecule has 0 aromatic heterocycles. The zero-order valence-electron chi connectivity index (χ0n) is 13.3. The van der Waals surface area contributed by atoms with Crippen molar-refractivity contribution in [3.63, 3.8) is 0 Å². The Kier molecular flexibility index (Phi) is 4.51. The molecule has 1 unspecified atom stereocenters. The molecular formula is C15H16N2O8. The molecule has 3 aliphatic rings. The second-order valence-electron chi connectivity index (χ2n) is 6.13. The SMILES string of the molecule is O=C(ON1C(=O)CCC1=O)C1CCC[C@H]1C(=O)ON1C(=O)CCC1=O. The Balaban J connectivity index is 1.63. The maximum atomic E-state index is 12.2. The number of hydrogen-bond donors (Lipinski definition) is 0. The van der Waals surface area contributed by atoms with Crippen LogP contribution in [0.25, 0.3) is 0 Å². The molecule has 2 atom stereocenters. The van der Waals surface area contributed by atoms with Crippen LogP contribution in [0.3, 0.4) is 0 Å². The van der Waals surface area contributed by atoms with Crippen LogP contribution in [0.5, 0.6) is 0 Å². The molecule has 0 N–H and O–H groups in total. The van der Waals surface area contributed by atoms with Crippen LogP contribution in [0.4, 0.5) is 0 Å². The normalized spacial score (nSPS) is 26.6. The van der Waals surface area contributed by atoms with Gasteiger partial charge >= 0.3 is 11.9 Å². The van der Waals surface area contributed by atoms with Crippen LogP contribution in [0, 0.1) is 11.8 Å². The second kappa shape index (κ2) is 6.61. The molecule has 0 aromatic carbocycles. The number of hydroxylamine groups is 4. The molecule has 2 heterocycles. The van der Waals surface area contributed by atoms with Gasteiger partial charge in [-0.05, 0) is 12.8 Å². The van der Waals surface area contributed by atoms with E-state index in [1.54, 1.807) is 0 Å². The van der Waals surface area contributed by atoms with E-state index in [9.17, 15) is 28.8 Å². The molecule has 0 aromatic rings. The average molecular weight is 352 g/mol. The van der Waals surface area contributed by atoms with Crippen LogP contribution < -0.4 is 0 Å². The van der Waals surface area contributed by atoms with E-state index in [4.69, 9.17) is 9.68 Å². The molecule has 10 nitrogen and oxygen atoms in total. The summed E-state index contributed by atoms with van der Waals surface area (Å²) in [5.74, 6) is -5.98. The van der Waals surface area contributed by atoms with Gasteiger partial charge in [0.15, 0.2) is 0 Å². The molecule has 0 radical (unpaired) electrons. The highest BCUT2D eigenvalue weighted by Gasteiger charge is 2.45. The van der Waals surface area contributed by atoms with Crippen molar-refractivity contribution in [1.29, 1.82) is 0 Å². The van der Waals surface area contributed by atoms with Crippen LogP contribution in [0.1, 0.15) is 44.9 Å². The van der Waals surface area contributed by atoms with Crippen molar-refractivity contribution < 1.29 is 38.4 Å².